The van der Waals surface area contributed by atoms with Crippen LogP contribution < -0.4 is 14.2 Å². The zero-order valence-corrected chi connectivity index (χ0v) is 21.2. The van der Waals surface area contributed by atoms with Gasteiger partial charge in [-0.2, -0.15) is 5.10 Å². The van der Waals surface area contributed by atoms with Crippen LogP contribution in [0.1, 0.15) is 36.4 Å². The molecule has 0 radical (unpaired) electrons. The zero-order chi connectivity index (χ0) is 25.7. The van der Waals surface area contributed by atoms with E-state index < -0.39 is 6.04 Å². The molecule has 9 nitrogen and oxygen atoms in total. The van der Waals surface area contributed by atoms with Crippen LogP contribution in [0.4, 0.5) is 0 Å². The van der Waals surface area contributed by atoms with Crippen molar-refractivity contribution in [3.8, 4) is 17.2 Å². The minimum Gasteiger partial charge on any atom is -0.497 e. The number of amides is 2. The Bertz CT molecular complexity index is 1130. The van der Waals surface area contributed by atoms with Crippen molar-refractivity contribution in [1.29, 1.82) is 0 Å². The topological polar surface area (TPSA) is 89.9 Å². The lowest BCUT2D eigenvalue weighted by Gasteiger charge is -2.27. The molecule has 2 aliphatic rings. The highest BCUT2D eigenvalue weighted by atomic mass is 16.5. The van der Waals surface area contributed by atoms with E-state index in [4.69, 9.17) is 24.0 Å². The molecule has 1 unspecified atom stereocenters. The molecule has 2 amide bonds. The monoisotopic (exact) mass is 495 g/mol. The van der Waals surface area contributed by atoms with Crippen LogP contribution in [0.5, 0.6) is 17.2 Å². The molecule has 0 bridgehead atoms. The van der Waals surface area contributed by atoms with Gasteiger partial charge in [-0.1, -0.05) is 12.1 Å². The Labute approximate surface area is 211 Å². The Hall–Kier alpha value is -3.59. The number of methoxy groups -OCH3 is 4. The van der Waals surface area contributed by atoms with Gasteiger partial charge in [0.2, 0.25) is 5.91 Å². The fraction of sp³-hybridized carbons (Fsp3) is 0.444. The molecule has 0 N–H and O–H groups in total. The molecule has 1 aliphatic heterocycles. The van der Waals surface area contributed by atoms with Crippen molar-refractivity contribution in [2.75, 3.05) is 48.1 Å². The molecule has 1 aliphatic carbocycles. The minimum atomic E-state index is -0.427. The highest BCUT2D eigenvalue weighted by Crippen LogP contribution is 2.40. The van der Waals surface area contributed by atoms with E-state index >= 15 is 0 Å². The largest absolute Gasteiger partial charge is 0.497 e. The van der Waals surface area contributed by atoms with Crippen LogP contribution in [-0.4, -0.2) is 75.6 Å². The molecular formula is C27H33N3O6. The van der Waals surface area contributed by atoms with Crippen molar-refractivity contribution in [3.05, 3.63) is 53.6 Å². The van der Waals surface area contributed by atoms with Crippen LogP contribution in [0.15, 0.2) is 47.6 Å². The number of hydrogen-bond acceptors (Lipinski definition) is 7. The number of nitrogens with zero attached hydrogens (tertiary/aromatic N) is 3. The van der Waals surface area contributed by atoms with Gasteiger partial charge >= 0.3 is 0 Å². The molecule has 0 spiro atoms. The Kier molecular flexibility index (Phi) is 8.10. The molecule has 192 valence electrons. The third-order valence-corrected chi connectivity index (χ3v) is 6.49. The zero-order valence-electron chi connectivity index (χ0n) is 21.2. The molecule has 1 atom stereocenters. The second kappa shape index (κ2) is 11.4. The van der Waals surface area contributed by atoms with E-state index in [0.29, 0.717) is 36.8 Å². The second-order valence-corrected chi connectivity index (χ2v) is 8.87. The third-order valence-electron chi connectivity index (χ3n) is 6.49. The van der Waals surface area contributed by atoms with E-state index in [1.807, 2.05) is 42.5 Å². The van der Waals surface area contributed by atoms with Crippen molar-refractivity contribution in [1.82, 2.24) is 9.91 Å². The van der Waals surface area contributed by atoms with Gasteiger partial charge in [0.05, 0.1) is 39.7 Å². The molecule has 0 saturated heterocycles. The molecule has 36 heavy (non-hydrogen) atoms. The van der Waals surface area contributed by atoms with Crippen LogP contribution in [0.25, 0.3) is 0 Å². The summed E-state index contributed by atoms with van der Waals surface area (Å²) in [5.74, 6) is 1.71. The molecule has 1 heterocycles. The Balaban J connectivity index is 1.68. The maximum atomic E-state index is 13.7. The standard InChI is InChI=1S/C27H33N3O6/c1-33-13-12-29(27(32)18-8-9-18)17-26(31)30-24(22-15-21(35-3)10-11-25(22)36-4)16-23(28-30)19-6-5-7-20(14-19)34-2/h5-7,10-11,14-15,18,24H,8-9,12-13,16-17H2,1-4H3. The quantitative estimate of drug-likeness (QED) is 0.475. The lowest BCUT2D eigenvalue weighted by atomic mass is 9.97. The first kappa shape index (κ1) is 25.5. The molecule has 4 rings (SSSR count). The summed E-state index contributed by atoms with van der Waals surface area (Å²) in [6.45, 7) is 0.637. The van der Waals surface area contributed by atoms with Crippen LogP contribution in [0, 0.1) is 5.92 Å². The van der Waals surface area contributed by atoms with Gasteiger partial charge in [-0.3, -0.25) is 9.59 Å². The fourth-order valence-electron chi connectivity index (χ4n) is 4.35. The van der Waals surface area contributed by atoms with Gasteiger partial charge < -0.3 is 23.8 Å². The molecule has 1 saturated carbocycles. The SMILES string of the molecule is COCCN(CC(=O)N1N=C(c2cccc(OC)c2)CC1c1cc(OC)ccc1OC)C(=O)C1CC1. The average Bonchev–Trinajstić information content (AvgIpc) is 3.67. The molecule has 9 heteroatoms. The van der Waals surface area contributed by atoms with Crippen molar-refractivity contribution in [2.45, 2.75) is 25.3 Å². The Morgan fingerprint density at radius 1 is 1.00 bits per heavy atom. The lowest BCUT2D eigenvalue weighted by molar-refractivity contribution is -0.142. The fourth-order valence-corrected chi connectivity index (χ4v) is 4.35. The van der Waals surface area contributed by atoms with Crippen molar-refractivity contribution < 1.29 is 28.5 Å². The molecular weight excluding hydrogens is 462 g/mol. The average molecular weight is 496 g/mol. The number of hydrazone groups is 1. The maximum Gasteiger partial charge on any atom is 0.262 e. The predicted octanol–water partition coefficient (Wildman–Crippen LogP) is 3.28. The van der Waals surface area contributed by atoms with E-state index in [1.165, 1.54) is 5.01 Å². The number of benzene rings is 2. The normalized spacial score (nSPS) is 16.9. The summed E-state index contributed by atoms with van der Waals surface area (Å²) >= 11 is 0. The number of carbonyl (C=O) groups excluding carboxylic acids is 2. The van der Waals surface area contributed by atoms with E-state index in [2.05, 4.69) is 0 Å². The predicted molar refractivity (Wildman–Crippen MR) is 134 cm³/mol. The highest BCUT2D eigenvalue weighted by Gasteiger charge is 2.38. The van der Waals surface area contributed by atoms with Crippen LogP contribution >= 0.6 is 0 Å². The van der Waals surface area contributed by atoms with Gasteiger partial charge in [0.25, 0.3) is 5.91 Å². The summed E-state index contributed by atoms with van der Waals surface area (Å²) in [4.78, 5) is 28.1. The highest BCUT2D eigenvalue weighted by molar-refractivity contribution is 6.03. The van der Waals surface area contributed by atoms with E-state index in [-0.39, 0.29) is 24.3 Å². The second-order valence-electron chi connectivity index (χ2n) is 8.87. The van der Waals surface area contributed by atoms with Gasteiger partial charge in [-0.25, -0.2) is 5.01 Å². The Morgan fingerprint density at radius 3 is 2.42 bits per heavy atom. The Morgan fingerprint density at radius 2 is 1.75 bits per heavy atom. The van der Waals surface area contributed by atoms with E-state index in [0.717, 1.165) is 29.7 Å². The van der Waals surface area contributed by atoms with Gasteiger partial charge in [-0.05, 0) is 43.2 Å². The van der Waals surface area contributed by atoms with Gasteiger partial charge in [0.1, 0.15) is 23.8 Å². The van der Waals surface area contributed by atoms with Gasteiger partial charge in [0.15, 0.2) is 0 Å². The molecule has 0 aromatic heterocycles. The number of rotatable bonds is 11. The van der Waals surface area contributed by atoms with Crippen LogP contribution in [0.3, 0.4) is 0 Å². The van der Waals surface area contributed by atoms with E-state index in [9.17, 15) is 9.59 Å². The summed E-state index contributed by atoms with van der Waals surface area (Å²) in [6, 6.07) is 12.7. The number of hydrogen-bond donors (Lipinski definition) is 0. The number of carbonyl (C=O) groups is 2. The van der Waals surface area contributed by atoms with Crippen molar-refractivity contribution in [2.24, 2.45) is 11.0 Å². The van der Waals surface area contributed by atoms with Crippen LogP contribution in [-0.2, 0) is 14.3 Å². The first-order valence-corrected chi connectivity index (χ1v) is 12.0. The van der Waals surface area contributed by atoms with Crippen LogP contribution in [0.2, 0.25) is 0 Å². The first-order chi connectivity index (χ1) is 17.5. The van der Waals surface area contributed by atoms with Gasteiger partial charge in [0, 0.05) is 37.1 Å². The van der Waals surface area contributed by atoms with Crippen molar-refractivity contribution >= 4 is 17.5 Å². The summed E-state index contributed by atoms with van der Waals surface area (Å²) in [6.07, 6.45) is 2.20. The van der Waals surface area contributed by atoms with Crippen molar-refractivity contribution in [3.63, 3.8) is 0 Å². The smallest absolute Gasteiger partial charge is 0.262 e. The molecule has 2 aromatic carbocycles. The van der Waals surface area contributed by atoms with E-state index in [1.54, 1.807) is 33.3 Å². The molecule has 1 fully saturated rings. The molecule has 2 aromatic rings. The number of ether oxygens (including phenoxy) is 4. The summed E-state index contributed by atoms with van der Waals surface area (Å²) < 4.78 is 21.6. The maximum absolute atomic E-state index is 13.7. The minimum absolute atomic E-state index is 0.00152. The summed E-state index contributed by atoms with van der Waals surface area (Å²) in [5, 5.41) is 6.23. The third kappa shape index (κ3) is 5.62. The first-order valence-electron chi connectivity index (χ1n) is 12.0. The summed E-state index contributed by atoms with van der Waals surface area (Å²) in [5.41, 5.74) is 2.39. The lowest BCUT2D eigenvalue weighted by Crippen LogP contribution is -2.43. The van der Waals surface area contributed by atoms with Gasteiger partial charge in [-0.15, -0.1) is 0 Å². The summed E-state index contributed by atoms with van der Waals surface area (Å²) in [7, 11) is 6.38.